The Morgan fingerprint density at radius 2 is 2.00 bits per heavy atom. The Bertz CT molecular complexity index is 749. The first-order valence-electron chi connectivity index (χ1n) is 8.20. The number of anilines is 1. The van der Waals surface area contributed by atoms with E-state index in [1.54, 1.807) is 24.1 Å². The molecule has 2 aromatic carbocycles. The van der Waals surface area contributed by atoms with Gasteiger partial charge >= 0.3 is 6.03 Å². The van der Waals surface area contributed by atoms with Crippen molar-refractivity contribution in [1.29, 1.82) is 0 Å². The molecule has 6 nitrogen and oxygen atoms in total. The molecule has 0 aromatic heterocycles. The summed E-state index contributed by atoms with van der Waals surface area (Å²) in [7, 11) is 1.58. The maximum atomic E-state index is 12.8. The molecule has 0 aliphatic carbocycles. The number of benzene rings is 2. The molecule has 0 spiro atoms. The molecule has 0 radical (unpaired) electrons. The van der Waals surface area contributed by atoms with Crippen LogP contribution in [0.3, 0.4) is 0 Å². The molecular weight excluding hydrogens is 318 g/mol. The van der Waals surface area contributed by atoms with Crippen LogP contribution < -0.4 is 15.4 Å². The van der Waals surface area contributed by atoms with Gasteiger partial charge in [0.1, 0.15) is 5.75 Å². The van der Waals surface area contributed by atoms with E-state index in [9.17, 15) is 9.59 Å². The van der Waals surface area contributed by atoms with E-state index in [0.29, 0.717) is 24.5 Å². The van der Waals surface area contributed by atoms with Gasteiger partial charge in [-0.1, -0.05) is 36.4 Å². The highest BCUT2D eigenvalue weighted by molar-refractivity contribution is 5.90. The highest BCUT2D eigenvalue weighted by Crippen LogP contribution is 2.27. The molecule has 0 bridgehead atoms. The molecule has 0 saturated carbocycles. The van der Waals surface area contributed by atoms with Gasteiger partial charge in [0, 0.05) is 24.8 Å². The molecule has 1 fully saturated rings. The van der Waals surface area contributed by atoms with Crippen LogP contribution in [0, 0.1) is 0 Å². The largest absolute Gasteiger partial charge is 0.497 e. The highest BCUT2D eigenvalue weighted by atomic mass is 16.5. The lowest BCUT2D eigenvalue weighted by Gasteiger charge is -2.29. The Hall–Kier alpha value is -3.02. The number of urea groups is 1. The fraction of sp³-hybridized carbons (Fsp3) is 0.263. The van der Waals surface area contributed by atoms with Crippen LogP contribution in [0.5, 0.6) is 5.75 Å². The van der Waals surface area contributed by atoms with E-state index in [1.165, 1.54) is 0 Å². The highest BCUT2D eigenvalue weighted by Gasteiger charge is 2.29. The second-order valence-corrected chi connectivity index (χ2v) is 5.84. The second-order valence-electron chi connectivity index (χ2n) is 5.84. The van der Waals surface area contributed by atoms with Crippen LogP contribution in [0.2, 0.25) is 0 Å². The Morgan fingerprint density at radius 3 is 2.76 bits per heavy atom. The van der Waals surface area contributed by atoms with Crippen LogP contribution in [0.25, 0.3) is 0 Å². The van der Waals surface area contributed by atoms with Crippen molar-refractivity contribution in [2.45, 2.75) is 12.5 Å². The molecule has 1 saturated heterocycles. The fourth-order valence-electron chi connectivity index (χ4n) is 2.94. The summed E-state index contributed by atoms with van der Waals surface area (Å²) in [5.41, 5.74) is 1.60. The van der Waals surface area contributed by atoms with Gasteiger partial charge in [0.15, 0.2) is 0 Å². The first kappa shape index (κ1) is 16.8. The monoisotopic (exact) mass is 339 g/mol. The van der Waals surface area contributed by atoms with Gasteiger partial charge in [-0.15, -0.1) is 0 Å². The predicted molar refractivity (Wildman–Crippen MR) is 95.5 cm³/mol. The molecule has 1 atom stereocenters. The molecule has 25 heavy (non-hydrogen) atoms. The smallest absolute Gasteiger partial charge is 0.322 e. The van der Waals surface area contributed by atoms with E-state index >= 15 is 0 Å². The van der Waals surface area contributed by atoms with Crippen molar-refractivity contribution in [1.82, 2.24) is 10.2 Å². The van der Waals surface area contributed by atoms with Gasteiger partial charge in [-0.25, -0.2) is 4.79 Å². The number of carbonyl (C=O) groups is 2. The zero-order valence-corrected chi connectivity index (χ0v) is 14.1. The first-order chi connectivity index (χ1) is 12.2. The second kappa shape index (κ2) is 7.70. The predicted octanol–water partition coefficient (Wildman–Crippen LogP) is 2.79. The van der Waals surface area contributed by atoms with E-state index < -0.39 is 0 Å². The van der Waals surface area contributed by atoms with Crippen molar-refractivity contribution >= 4 is 17.6 Å². The maximum absolute atomic E-state index is 12.8. The number of methoxy groups -OCH3 is 1. The topological polar surface area (TPSA) is 70.7 Å². The number of nitrogens with one attached hydrogen (secondary N) is 2. The van der Waals surface area contributed by atoms with Crippen molar-refractivity contribution in [3.05, 3.63) is 60.2 Å². The number of hydrogen-bond acceptors (Lipinski definition) is 3. The zero-order chi connectivity index (χ0) is 17.6. The van der Waals surface area contributed by atoms with Gasteiger partial charge < -0.3 is 20.3 Å². The SMILES string of the molecule is COc1cccc(NC(=O)N2CCNC(=O)C[C@H]2c2ccccc2)c1. The summed E-state index contributed by atoms with van der Waals surface area (Å²) in [4.78, 5) is 26.5. The Labute approximate surface area is 146 Å². The average molecular weight is 339 g/mol. The molecule has 3 rings (SSSR count). The number of ether oxygens (including phenoxy) is 1. The standard InChI is InChI=1S/C19H21N3O3/c1-25-16-9-5-8-15(12-16)21-19(24)22-11-10-20-18(23)13-17(22)14-6-3-2-4-7-14/h2-9,12,17H,10-11,13H2,1H3,(H,20,23)(H,21,24)/t17-/m0/s1. The third-order valence-electron chi connectivity index (χ3n) is 4.20. The minimum Gasteiger partial charge on any atom is -0.497 e. The third kappa shape index (κ3) is 4.09. The summed E-state index contributed by atoms with van der Waals surface area (Å²) in [6.45, 7) is 0.884. The molecule has 1 aliphatic rings. The molecule has 0 unspecified atom stereocenters. The van der Waals surface area contributed by atoms with Gasteiger partial charge in [-0.2, -0.15) is 0 Å². The van der Waals surface area contributed by atoms with E-state index in [-0.39, 0.29) is 24.4 Å². The molecule has 1 heterocycles. The van der Waals surface area contributed by atoms with E-state index in [0.717, 1.165) is 5.56 Å². The summed E-state index contributed by atoms with van der Waals surface area (Å²) in [5.74, 6) is 0.621. The number of hydrogen-bond donors (Lipinski definition) is 2. The van der Waals surface area contributed by atoms with Crippen molar-refractivity contribution in [3.63, 3.8) is 0 Å². The lowest BCUT2D eigenvalue weighted by molar-refractivity contribution is -0.121. The van der Waals surface area contributed by atoms with Crippen molar-refractivity contribution < 1.29 is 14.3 Å². The van der Waals surface area contributed by atoms with E-state index in [1.807, 2.05) is 42.5 Å². The van der Waals surface area contributed by atoms with Gasteiger partial charge in [0.05, 0.1) is 19.6 Å². The number of rotatable bonds is 3. The molecule has 3 amide bonds. The Morgan fingerprint density at radius 1 is 1.20 bits per heavy atom. The van der Waals surface area contributed by atoms with Gasteiger partial charge in [0.2, 0.25) is 5.91 Å². The van der Waals surface area contributed by atoms with Crippen LogP contribution in [0.1, 0.15) is 18.0 Å². The quantitative estimate of drug-likeness (QED) is 0.903. The summed E-state index contributed by atoms with van der Waals surface area (Å²) in [6, 6.07) is 16.3. The van der Waals surface area contributed by atoms with Gasteiger partial charge in [-0.3, -0.25) is 4.79 Å². The maximum Gasteiger partial charge on any atom is 0.322 e. The van der Waals surface area contributed by atoms with Crippen LogP contribution in [0.15, 0.2) is 54.6 Å². The normalized spacial score (nSPS) is 17.4. The van der Waals surface area contributed by atoms with Crippen LogP contribution in [-0.2, 0) is 4.79 Å². The van der Waals surface area contributed by atoms with Crippen LogP contribution in [0.4, 0.5) is 10.5 Å². The van der Waals surface area contributed by atoms with Crippen molar-refractivity contribution in [2.75, 3.05) is 25.5 Å². The Kier molecular flexibility index (Phi) is 5.18. The summed E-state index contributed by atoms with van der Waals surface area (Å²) >= 11 is 0. The lowest BCUT2D eigenvalue weighted by Crippen LogP contribution is -2.39. The minimum atomic E-state index is -0.297. The van der Waals surface area contributed by atoms with Crippen molar-refractivity contribution in [2.24, 2.45) is 0 Å². The lowest BCUT2D eigenvalue weighted by atomic mass is 10.0. The molecule has 1 aliphatic heterocycles. The fourth-order valence-corrected chi connectivity index (χ4v) is 2.94. The zero-order valence-electron chi connectivity index (χ0n) is 14.1. The van der Waals surface area contributed by atoms with E-state index in [4.69, 9.17) is 4.74 Å². The van der Waals surface area contributed by atoms with Gasteiger partial charge in [-0.05, 0) is 17.7 Å². The molecule has 2 aromatic rings. The average Bonchev–Trinajstić information content (AvgIpc) is 2.84. The third-order valence-corrected chi connectivity index (χ3v) is 4.20. The molecule has 2 N–H and O–H groups in total. The molecule has 6 heteroatoms. The van der Waals surface area contributed by atoms with Gasteiger partial charge in [0.25, 0.3) is 0 Å². The number of carbonyl (C=O) groups excluding carboxylic acids is 2. The van der Waals surface area contributed by atoms with E-state index in [2.05, 4.69) is 10.6 Å². The summed E-state index contributed by atoms with van der Waals surface area (Å²) in [5, 5.41) is 5.73. The number of amides is 3. The van der Waals surface area contributed by atoms with Crippen LogP contribution >= 0.6 is 0 Å². The Balaban J connectivity index is 1.83. The van der Waals surface area contributed by atoms with Crippen LogP contribution in [-0.4, -0.2) is 37.0 Å². The number of nitrogens with zero attached hydrogens (tertiary/aromatic N) is 1. The summed E-state index contributed by atoms with van der Waals surface area (Å²) < 4.78 is 5.19. The van der Waals surface area contributed by atoms with Crippen molar-refractivity contribution in [3.8, 4) is 5.75 Å². The minimum absolute atomic E-state index is 0.0504. The summed E-state index contributed by atoms with van der Waals surface area (Å²) in [6.07, 6.45) is 0.246. The molecule has 130 valence electrons. The molecular formula is C19H21N3O3. The first-order valence-corrected chi connectivity index (χ1v) is 8.20.